The van der Waals surface area contributed by atoms with Gasteiger partial charge in [-0.1, -0.05) is 30.3 Å². The van der Waals surface area contributed by atoms with Gasteiger partial charge in [-0.05, 0) is 38.1 Å². The number of nitrogens with one attached hydrogen (secondary N) is 2. The summed E-state index contributed by atoms with van der Waals surface area (Å²) >= 11 is 1.61. The lowest BCUT2D eigenvalue weighted by molar-refractivity contribution is -0.136. The number of aryl methyl sites for hydroxylation is 1. The molecule has 0 saturated heterocycles. The van der Waals surface area contributed by atoms with Gasteiger partial charge in [0.25, 0.3) is 0 Å². The third-order valence-corrected chi connectivity index (χ3v) is 5.45. The van der Waals surface area contributed by atoms with Gasteiger partial charge in [0.1, 0.15) is 10.8 Å². The standard InChI is InChI=1S/C22H23N3O3S/c1-3-28-18-11-9-17(10-12-18)25-21(27)20(26)23-14-13-19-15(2)24-22(29-19)16-7-5-4-6-8-16/h4-12H,3,13-14H2,1-2H3,(H,23,26)(H,25,27). The Balaban J connectivity index is 1.49. The predicted molar refractivity (Wildman–Crippen MR) is 115 cm³/mol. The van der Waals surface area contributed by atoms with Gasteiger partial charge in [0, 0.05) is 29.1 Å². The zero-order chi connectivity index (χ0) is 20.6. The first-order chi connectivity index (χ1) is 14.1. The minimum absolute atomic E-state index is 0.368. The molecule has 0 spiro atoms. The van der Waals surface area contributed by atoms with Crippen molar-refractivity contribution in [3.05, 3.63) is 65.2 Å². The Bertz CT molecular complexity index is 969. The molecule has 150 valence electrons. The zero-order valence-electron chi connectivity index (χ0n) is 16.4. The highest BCUT2D eigenvalue weighted by Gasteiger charge is 2.14. The van der Waals surface area contributed by atoms with Crippen molar-refractivity contribution in [3.63, 3.8) is 0 Å². The number of carbonyl (C=O) groups is 2. The Morgan fingerprint density at radius 2 is 1.76 bits per heavy atom. The summed E-state index contributed by atoms with van der Waals surface area (Å²) < 4.78 is 5.35. The van der Waals surface area contributed by atoms with Crippen LogP contribution in [-0.4, -0.2) is 29.9 Å². The number of benzene rings is 2. The molecular formula is C22H23N3O3S. The Morgan fingerprint density at radius 1 is 1.03 bits per heavy atom. The lowest BCUT2D eigenvalue weighted by Crippen LogP contribution is -2.36. The summed E-state index contributed by atoms with van der Waals surface area (Å²) in [6, 6.07) is 16.9. The minimum Gasteiger partial charge on any atom is -0.494 e. The lowest BCUT2D eigenvalue weighted by Gasteiger charge is -2.07. The Kier molecular flexibility index (Phi) is 6.97. The van der Waals surface area contributed by atoms with Gasteiger partial charge >= 0.3 is 11.8 Å². The second kappa shape index (κ2) is 9.84. The van der Waals surface area contributed by atoms with Gasteiger partial charge < -0.3 is 15.4 Å². The number of hydrogen-bond donors (Lipinski definition) is 2. The monoisotopic (exact) mass is 409 g/mol. The normalized spacial score (nSPS) is 10.4. The average molecular weight is 410 g/mol. The van der Waals surface area contributed by atoms with E-state index in [4.69, 9.17) is 4.74 Å². The fourth-order valence-corrected chi connectivity index (χ4v) is 3.79. The molecule has 7 heteroatoms. The van der Waals surface area contributed by atoms with Crippen LogP contribution in [0.5, 0.6) is 5.75 Å². The molecule has 2 N–H and O–H groups in total. The minimum atomic E-state index is -0.694. The van der Waals surface area contributed by atoms with Gasteiger partial charge in [0.05, 0.1) is 12.3 Å². The molecule has 2 amide bonds. The van der Waals surface area contributed by atoms with E-state index in [1.165, 1.54) is 0 Å². The van der Waals surface area contributed by atoms with Gasteiger partial charge in [0.15, 0.2) is 0 Å². The van der Waals surface area contributed by atoms with Crippen LogP contribution in [0.3, 0.4) is 0 Å². The van der Waals surface area contributed by atoms with Gasteiger partial charge in [-0.25, -0.2) is 4.98 Å². The first-order valence-corrected chi connectivity index (χ1v) is 10.2. The number of aromatic nitrogens is 1. The summed E-state index contributed by atoms with van der Waals surface area (Å²) in [5.41, 5.74) is 2.56. The number of hydrogen-bond acceptors (Lipinski definition) is 5. The molecule has 0 atom stereocenters. The molecule has 1 aromatic heterocycles. The Hall–Kier alpha value is -3.19. The Morgan fingerprint density at radius 3 is 2.45 bits per heavy atom. The second-order valence-electron chi connectivity index (χ2n) is 6.31. The Labute approximate surface area is 173 Å². The van der Waals surface area contributed by atoms with Crippen LogP contribution in [0, 0.1) is 6.92 Å². The maximum absolute atomic E-state index is 12.1. The van der Waals surface area contributed by atoms with E-state index in [0.29, 0.717) is 31.0 Å². The van der Waals surface area contributed by atoms with E-state index in [1.54, 1.807) is 35.6 Å². The summed E-state index contributed by atoms with van der Waals surface area (Å²) in [5.74, 6) is -0.644. The molecule has 6 nitrogen and oxygen atoms in total. The number of amides is 2. The lowest BCUT2D eigenvalue weighted by atomic mass is 10.2. The molecule has 0 unspecified atom stereocenters. The van der Waals surface area contributed by atoms with E-state index in [2.05, 4.69) is 15.6 Å². The molecule has 0 aliphatic heterocycles. The number of rotatable bonds is 7. The number of thiazole rings is 1. The molecule has 29 heavy (non-hydrogen) atoms. The molecule has 0 fully saturated rings. The largest absolute Gasteiger partial charge is 0.494 e. The fourth-order valence-electron chi connectivity index (χ4n) is 2.72. The van der Waals surface area contributed by atoms with E-state index in [9.17, 15) is 9.59 Å². The van der Waals surface area contributed by atoms with Crippen LogP contribution in [-0.2, 0) is 16.0 Å². The molecular weight excluding hydrogens is 386 g/mol. The van der Waals surface area contributed by atoms with Crippen LogP contribution in [0.15, 0.2) is 54.6 Å². The third kappa shape index (κ3) is 5.65. The molecule has 0 aliphatic carbocycles. The number of ether oxygens (including phenoxy) is 1. The number of nitrogens with zero attached hydrogens (tertiary/aromatic N) is 1. The van der Waals surface area contributed by atoms with Gasteiger partial charge in [-0.2, -0.15) is 0 Å². The molecule has 0 radical (unpaired) electrons. The van der Waals surface area contributed by atoms with Crippen LogP contribution < -0.4 is 15.4 Å². The van der Waals surface area contributed by atoms with Crippen molar-refractivity contribution >= 4 is 28.8 Å². The number of anilines is 1. The quantitative estimate of drug-likeness (QED) is 0.582. The zero-order valence-corrected chi connectivity index (χ0v) is 17.2. The molecule has 1 heterocycles. The molecule has 3 rings (SSSR count). The van der Waals surface area contributed by atoms with E-state index in [0.717, 1.165) is 21.1 Å². The maximum atomic E-state index is 12.1. The summed E-state index contributed by atoms with van der Waals surface area (Å²) in [6.45, 7) is 4.79. The molecule has 0 saturated carbocycles. The molecule has 2 aromatic carbocycles. The maximum Gasteiger partial charge on any atom is 0.313 e. The van der Waals surface area contributed by atoms with Crippen LogP contribution in [0.25, 0.3) is 10.6 Å². The molecule has 3 aromatic rings. The molecule has 0 bridgehead atoms. The van der Waals surface area contributed by atoms with Crippen LogP contribution in [0.1, 0.15) is 17.5 Å². The predicted octanol–water partition coefficient (Wildman–Crippen LogP) is 3.81. The van der Waals surface area contributed by atoms with Crippen molar-refractivity contribution in [1.29, 1.82) is 0 Å². The van der Waals surface area contributed by atoms with E-state index < -0.39 is 11.8 Å². The highest BCUT2D eigenvalue weighted by atomic mass is 32.1. The molecule has 0 aliphatic rings. The van der Waals surface area contributed by atoms with Crippen molar-refractivity contribution in [3.8, 4) is 16.3 Å². The summed E-state index contributed by atoms with van der Waals surface area (Å²) in [6.07, 6.45) is 0.623. The van der Waals surface area contributed by atoms with E-state index in [-0.39, 0.29) is 0 Å². The smallest absolute Gasteiger partial charge is 0.313 e. The van der Waals surface area contributed by atoms with Gasteiger partial charge in [0.2, 0.25) is 0 Å². The SMILES string of the molecule is CCOc1ccc(NC(=O)C(=O)NCCc2sc(-c3ccccc3)nc2C)cc1. The first kappa shape index (κ1) is 20.5. The van der Waals surface area contributed by atoms with Crippen molar-refractivity contribution in [2.24, 2.45) is 0 Å². The summed E-state index contributed by atoms with van der Waals surface area (Å²) in [7, 11) is 0. The topological polar surface area (TPSA) is 80.3 Å². The fraction of sp³-hybridized carbons (Fsp3) is 0.227. The van der Waals surface area contributed by atoms with Gasteiger partial charge in [-0.3, -0.25) is 9.59 Å². The third-order valence-electron chi connectivity index (χ3n) is 4.18. The van der Waals surface area contributed by atoms with Crippen LogP contribution in [0.4, 0.5) is 5.69 Å². The van der Waals surface area contributed by atoms with E-state index in [1.807, 2.05) is 44.2 Å². The van der Waals surface area contributed by atoms with Crippen LogP contribution >= 0.6 is 11.3 Å². The highest BCUT2D eigenvalue weighted by Crippen LogP contribution is 2.27. The highest BCUT2D eigenvalue weighted by molar-refractivity contribution is 7.15. The van der Waals surface area contributed by atoms with E-state index >= 15 is 0 Å². The summed E-state index contributed by atoms with van der Waals surface area (Å²) in [4.78, 5) is 29.8. The number of carbonyl (C=O) groups excluding carboxylic acids is 2. The van der Waals surface area contributed by atoms with Crippen molar-refractivity contribution in [2.45, 2.75) is 20.3 Å². The summed E-state index contributed by atoms with van der Waals surface area (Å²) in [5, 5.41) is 6.20. The second-order valence-corrected chi connectivity index (χ2v) is 7.39. The van der Waals surface area contributed by atoms with Crippen LogP contribution in [0.2, 0.25) is 0 Å². The van der Waals surface area contributed by atoms with Gasteiger partial charge in [-0.15, -0.1) is 11.3 Å². The van der Waals surface area contributed by atoms with Crippen molar-refractivity contribution < 1.29 is 14.3 Å². The van der Waals surface area contributed by atoms with Crippen molar-refractivity contribution in [2.75, 3.05) is 18.5 Å². The van der Waals surface area contributed by atoms with Crippen molar-refractivity contribution in [1.82, 2.24) is 10.3 Å². The first-order valence-electron chi connectivity index (χ1n) is 9.40. The average Bonchev–Trinajstić information content (AvgIpc) is 3.11.